The molecule has 0 saturated carbocycles. The number of hydrogen-bond donors (Lipinski definition) is 1. The Morgan fingerprint density at radius 3 is 2.68 bits per heavy atom. The highest BCUT2D eigenvalue weighted by molar-refractivity contribution is 5.76. The number of hydrogen-bond acceptors (Lipinski definition) is 4. The molecule has 3 aromatic rings. The lowest BCUT2D eigenvalue weighted by Gasteiger charge is -2.38. The van der Waals surface area contributed by atoms with Gasteiger partial charge in [0.15, 0.2) is 5.65 Å². The minimum atomic E-state index is -0.0567. The van der Waals surface area contributed by atoms with Crippen LogP contribution in [-0.2, 0) is 21.4 Å². The number of carbonyl (C=O) groups excluding carboxylic acids is 1. The zero-order chi connectivity index (χ0) is 22.0. The van der Waals surface area contributed by atoms with Gasteiger partial charge in [-0.2, -0.15) is 5.10 Å². The second kappa shape index (κ2) is 8.79. The van der Waals surface area contributed by atoms with Gasteiger partial charge in [0.05, 0.1) is 5.69 Å². The molecule has 1 saturated heterocycles. The highest BCUT2D eigenvalue weighted by Crippen LogP contribution is 2.34. The standard InChI is InChI=1S/C25H32N4O2/c1-17-6-5-7-21(14-17)25(10-12-31-13-11-25)16-26-24(30)9-8-22-19(3)27-23-15-18(2)28-29(23)20(22)4/h5-7,14-15H,8-13,16H2,1-4H3,(H,26,30). The fourth-order valence-corrected chi connectivity index (χ4v) is 4.70. The first-order valence-electron chi connectivity index (χ1n) is 11.1. The molecule has 1 aromatic carbocycles. The molecule has 0 radical (unpaired) electrons. The van der Waals surface area contributed by atoms with Crippen LogP contribution in [0.1, 0.15) is 53.0 Å². The number of ether oxygens (including phenoxy) is 1. The highest BCUT2D eigenvalue weighted by atomic mass is 16.5. The highest BCUT2D eigenvalue weighted by Gasteiger charge is 2.34. The third kappa shape index (κ3) is 4.49. The maximum Gasteiger partial charge on any atom is 0.220 e. The minimum Gasteiger partial charge on any atom is -0.381 e. The zero-order valence-electron chi connectivity index (χ0n) is 19.0. The summed E-state index contributed by atoms with van der Waals surface area (Å²) in [6, 6.07) is 10.6. The Hall–Kier alpha value is -2.73. The molecule has 1 N–H and O–H groups in total. The molecule has 164 valence electrons. The number of benzene rings is 1. The molecule has 1 amide bonds. The van der Waals surface area contributed by atoms with E-state index in [9.17, 15) is 4.79 Å². The quantitative estimate of drug-likeness (QED) is 0.659. The van der Waals surface area contributed by atoms with Crippen molar-refractivity contribution in [2.45, 2.75) is 58.8 Å². The molecule has 0 aliphatic carbocycles. The van der Waals surface area contributed by atoms with E-state index in [1.54, 1.807) is 0 Å². The van der Waals surface area contributed by atoms with Crippen LogP contribution in [0.25, 0.3) is 5.65 Å². The lowest BCUT2D eigenvalue weighted by Crippen LogP contribution is -2.44. The lowest BCUT2D eigenvalue weighted by molar-refractivity contribution is -0.121. The Balaban J connectivity index is 1.44. The average molecular weight is 421 g/mol. The van der Waals surface area contributed by atoms with Gasteiger partial charge in [0, 0.05) is 49.0 Å². The van der Waals surface area contributed by atoms with Crippen LogP contribution in [0.5, 0.6) is 0 Å². The number of carbonyl (C=O) groups is 1. The van der Waals surface area contributed by atoms with E-state index < -0.39 is 0 Å². The molecule has 0 spiro atoms. The number of nitrogens with one attached hydrogen (secondary N) is 1. The normalized spacial score (nSPS) is 15.9. The Kier molecular flexibility index (Phi) is 6.10. The molecule has 0 atom stereocenters. The molecular formula is C25H32N4O2. The molecule has 31 heavy (non-hydrogen) atoms. The van der Waals surface area contributed by atoms with E-state index in [-0.39, 0.29) is 11.3 Å². The Labute approximate surface area is 184 Å². The topological polar surface area (TPSA) is 68.5 Å². The lowest BCUT2D eigenvalue weighted by atomic mass is 9.73. The van der Waals surface area contributed by atoms with Gasteiger partial charge in [-0.05, 0) is 58.1 Å². The molecule has 0 unspecified atom stereocenters. The average Bonchev–Trinajstić information content (AvgIpc) is 3.13. The number of aryl methyl sites for hydroxylation is 4. The van der Waals surface area contributed by atoms with Crippen molar-refractivity contribution in [3.63, 3.8) is 0 Å². The summed E-state index contributed by atoms with van der Waals surface area (Å²) in [4.78, 5) is 17.5. The van der Waals surface area contributed by atoms with Gasteiger partial charge >= 0.3 is 0 Å². The summed E-state index contributed by atoms with van der Waals surface area (Å²) >= 11 is 0. The molecule has 1 fully saturated rings. The first-order valence-corrected chi connectivity index (χ1v) is 11.1. The van der Waals surface area contributed by atoms with E-state index in [0.29, 0.717) is 19.4 Å². The molecule has 1 aliphatic rings. The summed E-state index contributed by atoms with van der Waals surface area (Å²) in [5, 5.41) is 7.75. The van der Waals surface area contributed by atoms with Crippen molar-refractivity contribution in [1.29, 1.82) is 0 Å². The van der Waals surface area contributed by atoms with Crippen molar-refractivity contribution in [2.75, 3.05) is 19.8 Å². The van der Waals surface area contributed by atoms with E-state index in [2.05, 4.69) is 53.5 Å². The minimum absolute atomic E-state index is 0.0567. The van der Waals surface area contributed by atoms with Crippen LogP contribution in [0.15, 0.2) is 30.3 Å². The smallest absolute Gasteiger partial charge is 0.220 e. The molecular weight excluding hydrogens is 388 g/mol. The fourth-order valence-electron chi connectivity index (χ4n) is 4.70. The van der Waals surface area contributed by atoms with Crippen molar-refractivity contribution >= 4 is 11.6 Å². The van der Waals surface area contributed by atoms with Gasteiger partial charge < -0.3 is 10.1 Å². The van der Waals surface area contributed by atoms with Crippen molar-refractivity contribution in [3.05, 3.63) is 64.1 Å². The maximum atomic E-state index is 12.8. The third-order valence-electron chi connectivity index (χ3n) is 6.59. The SMILES string of the molecule is Cc1cccc(C2(CNC(=O)CCc3c(C)nc4cc(C)nn4c3C)CCOCC2)c1. The van der Waals surface area contributed by atoms with Crippen molar-refractivity contribution < 1.29 is 9.53 Å². The molecule has 2 aromatic heterocycles. The van der Waals surface area contributed by atoms with Crippen LogP contribution in [0.3, 0.4) is 0 Å². The van der Waals surface area contributed by atoms with Gasteiger partial charge in [-0.25, -0.2) is 9.50 Å². The summed E-state index contributed by atoms with van der Waals surface area (Å²) in [6.45, 7) is 10.3. The van der Waals surface area contributed by atoms with Gasteiger partial charge in [-0.15, -0.1) is 0 Å². The number of rotatable bonds is 6. The molecule has 6 heteroatoms. The van der Waals surface area contributed by atoms with Crippen molar-refractivity contribution in [3.8, 4) is 0 Å². The van der Waals surface area contributed by atoms with Gasteiger partial charge in [0.25, 0.3) is 0 Å². The summed E-state index contributed by atoms with van der Waals surface area (Å²) in [7, 11) is 0. The van der Waals surface area contributed by atoms with Gasteiger partial charge in [-0.3, -0.25) is 4.79 Å². The van der Waals surface area contributed by atoms with E-state index in [0.717, 1.165) is 54.3 Å². The predicted molar refractivity (Wildman–Crippen MR) is 121 cm³/mol. The van der Waals surface area contributed by atoms with Crippen LogP contribution >= 0.6 is 0 Å². The zero-order valence-corrected chi connectivity index (χ0v) is 19.0. The second-order valence-electron chi connectivity index (χ2n) is 8.86. The van der Waals surface area contributed by atoms with Crippen LogP contribution < -0.4 is 5.32 Å². The van der Waals surface area contributed by atoms with E-state index >= 15 is 0 Å². The first-order chi connectivity index (χ1) is 14.9. The van der Waals surface area contributed by atoms with Crippen LogP contribution in [0.4, 0.5) is 0 Å². The second-order valence-corrected chi connectivity index (χ2v) is 8.86. The first kappa shape index (κ1) is 21.5. The molecule has 6 nitrogen and oxygen atoms in total. The number of amides is 1. The summed E-state index contributed by atoms with van der Waals surface area (Å²) < 4.78 is 7.50. The summed E-state index contributed by atoms with van der Waals surface area (Å²) in [6.07, 6.45) is 2.95. The molecule has 4 rings (SSSR count). The van der Waals surface area contributed by atoms with Crippen LogP contribution in [-0.4, -0.2) is 40.3 Å². The number of fused-ring (bicyclic) bond motifs is 1. The largest absolute Gasteiger partial charge is 0.381 e. The predicted octanol–water partition coefficient (Wildman–Crippen LogP) is 3.76. The Morgan fingerprint density at radius 2 is 1.94 bits per heavy atom. The number of nitrogens with zero attached hydrogens (tertiary/aromatic N) is 3. The van der Waals surface area contributed by atoms with E-state index in [4.69, 9.17) is 4.74 Å². The van der Waals surface area contributed by atoms with Gasteiger partial charge in [0.2, 0.25) is 5.91 Å². The third-order valence-corrected chi connectivity index (χ3v) is 6.59. The van der Waals surface area contributed by atoms with E-state index in [1.165, 1.54) is 11.1 Å². The Bertz CT molecular complexity index is 1100. The molecule has 3 heterocycles. The van der Waals surface area contributed by atoms with Crippen molar-refractivity contribution in [1.82, 2.24) is 19.9 Å². The van der Waals surface area contributed by atoms with Crippen LogP contribution in [0.2, 0.25) is 0 Å². The Morgan fingerprint density at radius 1 is 1.16 bits per heavy atom. The monoisotopic (exact) mass is 420 g/mol. The summed E-state index contributed by atoms with van der Waals surface area (Å²) in [5.41, 5.74) is 7.43. The maximum absolute atomic E-state index is 12.8. The molecule has 0 bridgehead atoms. The van der Waals surface area contributed by atoms with Gasteiger partial charge in [0.1, 0.15) is 0 Å². The number of aromatic nitrogens is 3. The van der Waals surface area contributed by atoms with E-state index in [1.807, 2.05) is 24.4 Å². The fraction of sp³-hybridized carbons (Fsp3) is 0.480. The van der Waals surface area contributed by atoms with Crippen molar-refractivity contribution in [2.24, 2.45) is 0 Å². The van der Waals surface area contributed by atoms with Gasteiger partial charge in [-0.1, -0.05) is 29.8 Å². The van der Waals surface area contributed by atoms with Crippen LogP contribution in [0, 0.1) is 27.7 Å². The molecule has 1 aliphatic heterocycles. The summed E-state index contributed by atoms with van der Waals surface area (Å²) in [5.74, 6) is 0.0778.